The Bertz CT molecular complexity index is 404. The molecule has 0 heterocycles. The Morgan fingerprint density at radius 1 is 1.25 bits per heavy atom. The fourth-order valence-electron chi connectivity index (χ4n) is 1.75. The Morgan fingerprint density at radius 3 is 2.45 bits per heavy atom. The van der Waals surface area contributed by atoms with Crippen molar-refractivity contribution >= 4 is 6.03 Å². The number of benzene rings is 1. The Hall–Kier alpha value is -1.75. The van der Waals surface area contributed by atoms with Crippen LogP contribution in [0.4, 0.5) is 4.79 Å². The third-order valence-corrected chi connectivity index (χ3v) is 2.95. The number of urea groups is 1. The Balaban J connectivity index is 2.31. The minimum Gasteiger partial charge on any atom is -0.494 e. The molecule has 5 heteroatoms. The van der Waals surface area contributed by atoms with E-state index in [4.69, 9.17) is 4.74 Å². The second kappa shape index (κ2) is 8.43. The Labute approximate surface area is 121 Å². The molecule has 1 atom stereocenters. The van der Waals surface area contributed by atoms with Crippen molar-refractivity contribution in [3.63, 3.8) is 0 Å². The predicted octanol–water partition coefficient (Wildman–Crippen LogP) is 2.01. The summed E-state index contributed by atoms with van der Waals surface area (Å²) in [6.45, 7) is 6.09. The van der Waals surface area contributed by atoms with E-state index in [1.165, 1.54) is 10.5 Å². The van der Waals surface area contributed by atoms with Gasteiger partial charge in [0.15, 0.2) is 0 Å². The second-order valence-electron chi connectivity index (χ2n) is 4.80. The topological polar surface area (TPSA) is 53.6 Å². The number of hydrogen-bond donors (Lipinski definition) is 2. The summed E-state index contributed by atoms with van der Waals surface area (Å²) in [6, 6.07) is 8.24. The normalized spacial score (nSPS) is 11.8. The van der Waals surface area contributed by atoms with Gasteiger partial charge in [0.1, 0.15) is 5.75 Å². The average Bonchev–Trinajstić information content (AvgIpc) is 2.44. The molecule has 1 rings (SSSR count). The molecular weight excluding hydrogens is 254 g/mol. The maximum atomic E-state index is 11.3. The van der Waals surface area contributed by atoms with Crippen molar-refractivity contribution in [2.75, 3.05) is 33.8 Å². The summed E-state index contributed by atoms with van der Waals surface area (Å²) in [7, 11) is 3.45. The van der Waals surface area contributed by atoms with Crippen LogP contribution in [0.15, 0.2) is 24.3 Å². The van der Waals surface area contributed by atoms with Crippen LogP contribution in [-0.4, -0.2) is 44.7 Å². The molecule has 0 aromatic heterocycles. The Morgan fingerprint density at radius 2 is 1.90 bits per heavy atom. The highest BCUT2D eigenvalue weighted by Gasteiger charge is 2.05. The van der Waals surface area contributed by atoms with Crippen molar-refractivity contribution < 1.29 is 9.53 Å². The summed E-state index contributed by atoms with van der Waals surface area (Å²) in [5, 5.41) is 6.19. The van der Waals surface area contributed by atoms with Gasteiger partial charge < -0.3 is 20.3 Å². The highest BCUT2D eigenvalue weighted by Crippen LogP contribution is 2.17. The van der Waals surface area contributed by atoms with Crippen molar-refractivity contribution in [3.05, 3.63) is 29.8 Å². The van der Waals surface area contributed by atoms with E-state index in [9.17, 15) is 4.79 Å². The molecule has 0 fully saturated rings. The van der Waals surface area contributed by atoms with Crippen LogP contribution in [0.3, 0.4) is 0 Å². The summed E-state index contributed by atoms with van der Waals surface area (Å²) in [5.41, 5.74) is 1.20. The van der Waals surface area contributed by atoms with Gasteiger partial charge in [-0.05, 0) is 31.5 Å². The molecule has 0 saturated heterocycles. The molecule has 0 saturated carbocycles. The van der Waals surface area contributed by atoms with Crippen LogP contribution >= 0.6 is 0 Å². The lowest BCUT2D eigenvalue weighted by atomic mass is 10.1. The SMILES string of the molecule is CCOc1ccc(C(C)NCCNC(=O)N(C)C)cc1. The number of ether oxygens (including phenoxy) is 1. The smallest absolute Gasteiger partial charge is 0.316 e. The van der Waals surface area contributed by atoms with Crippen LogP contribution in [0.2, 0.25) is 0 Å². The molecule has 1 aromatic carbocycles. The minimum atomic E-state index is -0.0690. The lowest BCUT2D eigenvalue weighted by molar-refractivity contribution is 0.217. The lowest BCUT2D eigenvalue weighted by Gasteiger charge is -2.16. The highest BCUT2D eigenvalue weighted by atomic mass is 16.5. The van der Waals surface area contributed by atoms with Gasteiger partial charge in [-0.25, -0.2) is 4.79 Å². The number of rotatable bonds is 7. The average molecular weight is 279 g/mol. The molecule has 0 aliphatic carbocycles. The van der Waals surface area contributed by atoms with Crippen LogP contribution < -0.4 is 15.4 Å². The molecule has 1 aromatic rings. The summed E-state index contributed by atoms with van der Waals surface area (Å²) in [4.78, 5) is 12.9. The van der Waals surface area contributed by atoms with E-state index in [1.807, 2.05) is 19.1 Å². The maximum absolute atomic E-state index is 11.3. The molecule has 2 N–H and O–H groups in total. The molecule has 112 valence electrons. The summed E-state index contributed by atoms with van der Waals surface area (Å²) >= 11 is 0. The van der Waals surface area contributed by atoms with Gasteiger partial charge in [-0.2, -0.15) is 0 Å². The first-order valence-corrected chi connectivity index (χ1v) is 6.96. The number of carbonyl (C=O) groups is 1. The maximum Gasteiger partial charge on any atom is 0.316 e. The largest absolute Gasteiger partial charge is 0.494 e. The zero-order valence-corrected chi connectivity index (χ0v) is 12.8. The molecule has 0 bridgehead atoms. The quantitative estimate of drug-likeness (QED) is 0.751. The van der Waals surface area contributed by atoms with Gasteiger partial charge in [0.2, 0.25) is 0 Å². The van der Waals surface area contributed by atoms with E-state index in [-0.39, 0.29) is 12.1 Å². The molecule has 0 aliphatic heterocycles. The van der Waals surface area contributed by atoms with Crippen LogP contribution in [0.25, 0.3) is 0 Å². The van der Waals surface area contributed by atoms with E-state index >= 15 is 0 Å². The fourth-order valence-corrected chi connectivity index (χ4v) is 1.75. The number of hydrogen-bond acceptors (Lipinski definition) is 3. The van der Waals surface area contributed by atoms with Gasteiger partial charge in [0, 0.05) is 33.2 Å². The summed E-state index contributed by atoms with van der Waals surface area (Å²) in [5.74, 6) is 0.890. The van der Waals surface area contributed by atoms with Gasteiger partial charge in [0.05, 0.1) is 6.61 Å². The van der Waals surface area contributed by atoms with Crippen molar-refractivity contribution in [1.82, 2.24) is 15.5 Å². The number of carbonyl (C=O) groups excluding carboxylic acids is 1. The van der Waals surface area contributed by atoms with Crippen LogP contribution in [-0.2, 0) is 0 Å². The predicted molar refractivity (Wildman–Crippen MR) is 81.1 cm³/mol. The Kier molecular flexibility index (Phi) is 6.87. The molecule has 5 nitrogen and oxygen atoms in total. The van der Waals surface area contributed by atoms with E-state index in [2.05, 4.69) is 29.7 Å². The van der Waals surface area contributed by atoms with Gasteiger partial charge in [-0.1, -0.05) is 12.1 Å². The number of nitrogens with one attached hydrogen (secondary N) is 2. The van der Waals surface area contributed by atoms with Gasteiger partial charge in [-0.3, -0.25) is 0 Å². The molecule has 1 unspecified atom stereocenters. The van der Waals surface area contributed by atoms with Crippen molar-refractivity contribution in [2.45, 2.75) is 19.9 Å². The monoisotopic (exact) mass is 279 g/mol. The van der Waals surface area contributed by atoms with Crippen LogP contribution in [0, 0.1) is 0 Å². The van der Waals surface area contributed by atoms with Gasteiger partial charge in [-0.15, -0.1) is 0 Å². The van der Waals surface area contributed by atoms with Crippen molar-refractivity contribution in [1.29, 1.82) is 0 Å². The number of nitrogens with zero attached hydrogens (tertiary/aromatic N) is 1. The first-order chi connectivity index (χ1) is 9.54. The second-order valence-corrected chi connectivity index (χ2v) is 4.80. The zero-order valence-electron chi connectivity index (χ0n) is 12.8. The minimum absolute atomic E-state index is 0.0690. The lowest BCUT2D eigenvalue weighted by Crippen LogP contribution is -2.38. The summed E-state index contributed by atoms with van der Waals surface area (Å²) in [6.07, 6.45) is 0. The summed E-state index contributed by atoms with van der Waals surface area (Å²) < 4.78 is 5.42. The number of amides is 2. The van der Waals surface area contributed by atoms with Gasteiger partial charge >= 0.3 is 6.03 Å². The molecule has 0 radical (unpaired) electrons. The molecule has 0 aliphatic rings. The third kappa shape index (κ3) is 5.48. The van der Waals surface area contributed by atoms with E-state index < -0.39 is 0 Å². The van der Waals surface area contributed by atoms with Crippen molar-refractivity contribution in [2.24, 2.45) is 0 Å². The molecule has 20 heavy (non-hydrogen) atoms. The van der Waals surface area contributed by atoms with Crippen molar-refractivity contribution in [3.8, 4) is 5.75 Å². The van der Waals surface area contributed by atoms with Crippen LogP contribution in [0.1, 0.15) is 25.5 Å². The fraction of sp³-hybridized carbons (Fsp3) is 0.533. The standard InChI is InChI=1S/C15H25N3O2/c1-5-20-14-8-6-13(7-9-14)12(2)16-10-11-17-15(19)18(3)4/h6-9,12,16H,5,10-11H2,1-4H3,(H,17,19). The highest BCUT2D eigenvalue weighted by molar-refractivity contribution is 5.73. The van der Waals surface area contributed by atoms with Crippen LogP contribution in [0.5, 0.6) is 5.75 Å². The van der Waals surface area contributed by atoms with E-state index in [1.54, 1.807) is 14.1 Å². The van der Waals surface area contributed by atoms with Gasteiger partial charge in [0.25, 0.3) is 0 Å². The first kappa shape index (κ1) is 16.3. The van der Waals surface area contributed by atoms with E-state index in [0.717, 1.165) is 12.3 Å². The molecular formula is C15H25N3O2. The molecule has 2 amide bonds. The third-order valence-electron chi connectivity index (χ3n) is 2.95. The zero-order chi connectivity index (χ0) is 15.0. The van der Waals surface area contributed by atoms with E-state index in [0.29, 0.717) is 13.2 Å². The molecule has 0 spiro atoms. The first-order valence-electron chi connectivity index (χ1n) is 6.96.